The minimum Gasteiger partial charge on any atom is -0.326 e. The molecule has 2 bridgehead atoms. The van der Waals surface area contributed by atoms with Gasteiger partial charge >= 0.3 is 0 Å². The van der Waals surface area contributed by atoms with Crippen molar-refractivity contribution in [3.8, 4) is 0 Å². The summed E-state index contributed by atoms with van der Waals surface area (Å²) in [5.41, 5.74) is 11.7. The van der Waals surface area contributed by atoms with Crippen LogP contribution in [0.1, 0.15) is 19.3 Å². The first-order chi connectivity index (χ1) is 4.29. The van der Waals surface area contributed by atoms with Crippen molar-refractivity contribution in [2.45, 2.75) is 31.3 Å². The quantitative estimate of drug-likeness (QED) is 0.609. The average molecular weight is 199 g/mol. The van der Waals surface area contributed by atoms with E-state index in [1.807, 2.05) is 0 Å². The predicted molar refractivity (Wildman–Crippen MR) is 51.3 cm³/mol. The van der Waals surface area contributed by atoms with Crippen molar-refractivity contribution in [1.82, 2.24) is 0 Å². The first-order valence-corrected chi connectivity index (χ1v) is 3.80. The molecule has 2 aliphatic rings. The zero-order valence-corrected chi connectivity index (χ0v) is 8.03. The van der Waals surface area contributed by atoms with Gasteiger partial charge in [-0.05, 0) is 31.1 Å². The summed E-state index contributed by atoms with van der Waals surface area (Å²) >= 11 is 0. The molecule has 4 N–H and O–H groups in total. The van der Waals surface area contributed by atoms with E-state index in [0.717, 1.165) is 11.8 Å². The third-order valence-corrected chi connectivity index (χ3v) is 3.05. The summed E-state index contributed by atoms with van der Waals surface area (Å²) < 4.78 is 0. The number of hydrogen-bond donors (Lipinski definition) is 2. The van der Waals surface area contributed by atoms with E-state index in [2.05, 4.69) is 0 Å². The Balaban J connectivity index is 0.000000500. The van der Waals surface area contributed by atoms with Crippen LogP contribution in [0.15, 0.2) is 0 Å². The highest BCUT2D eigenvalue weighted by Crippen LogP contribution is 2.42. The summed E-state index contributed by atoms with van der Waals surface area (Å²) in [6.07, 6.45) is 3.97. The third-order valence-electron chi connectivity index (χ3n) is 3.05. The molecule has 0 heterocycles. The maximum atomic E-state index is 5.84. The Labute approximate surface area is 79.9 Å². The minimum atomic E-state index is 0. The van der Waals surface area contributed by atoms with Crippen LogP contribution in [0.4, 0.5) is 0 Å². The van der Waals surface area contributed by atoms with Crippen LogP contribution in [-0.4, -0.2) is 12.1 Å². The molecule has 11 heavy (non-hydrogen) atoms. The van der Waals surface area contributed by atoms with Crippen LogP contribution >= 0.6 is 24.8 Å². The first kappa shape index (κ1) is 11.5. The summed E-state index contributed by atoms with van der Waals surface area (Å²) in [5.74, 6) is 1.54. The molecule has 0 aromatic heterocycles. The van der Waals surface area contributed by atoms with E-state index < -0.39 is 0 Å². The fourth-order valence-electron chi connectivity index (χ4n) is 2.38. The van der Waals surface area contributed by atoms with Crippen molar-refractivity contribution in [2.75, 3.05) is 0 Å². The Kier molecular flexibility index (Phi) is 4.12. The molecule has 4 unspecified atom stereocenters. The molecule has 0 aromatic rings. The van der Waals surface area contributed by atoms with Gasteiger partial charge in [-0.2, -0.15) is 0 Å². The predicted octanol–water partition coefficient (Wildman–Crippen LogP) is 0.914. The van der Waals surface area contributed by atoms with Crippen molar-refractivity contribution in [3.05, 3.63) is 0 Å². The molecule has 0 spiro atoms. The van der Waals surface area contributed by atoms with Gasteiger partial charge in [0.05, 0.1) is 0 Å². The van der Waals surface area contributed by atoms with Gasteiger partial charge in [0, 0.05) is 12.1 Å². The van der Waals surface area contributed by atoms with Crippen LogP contribution in [0.2, 0.25) is 0 Å². The van der Waals surface area contributed by atoms with Crippen molar-refractivity contribution >= 4 is 24.8 Å². The Morgan fingerprint density at radius 3 is 1.36 bits per heavy atom. The zero-order valence-electron chi connectivity index (χ0n) is 6.40. The van der Waals surface area contributed by atoms with E-state index >= 15 is 0 Å². The monoisotopic (exact) mass is 198 g/mol. The molecular formula is C7H16Cl2N2. The largest absolute Gasteiger partial charge is 0.326 e. The van der Waals surface area contributed by atoms with Crippen LogP contribution in [0.3, 0.4) is 0 Å². The highest BCUT2D eigenvalue weighted by molar-refractivity contribution is 5.85. The molecule has 2 aliphatic carbocycles. The number of halogens is 2. The van der Waals surface area contributed by atoms with Crippen molar-refractivity contribution < 1.29 is 0 Å². The zero-order chi connectivity index (χ0) is 6.43. The first-order valence-electron chi connectivity index (χ1n) is 3.80. The topological polar surface area (TPSA) is 52.0 Å². The van der Waals surface area contributed by atoms with Crippen LogP contribution < -0.4 is 11.5 Å². The summed E-state index contributed by atoms with van der Waals surface area (Å²) in [4.78, 5) is 0. The van der Waals surface area contributed by atoms with Crippen molar-refractivity contribution in [2.24, 2.45) is 23.3 Å². The van der Waals surface area contributed by atoms with Gasteiger partial charge < -0.3 is 11.5 Å². The van der Waals surface area contributed by atoms with Gasteiger partial charge in [-0.25, -0.2) is 0 Å². The standard InChI is InChI=1S/C7H14N2.2ClH/c8-6-4-1-2-5(3-4)7(6)9;;/h4-7H,1-3,8-9H2;2*1H. The molecular weight excluding hydrogens is 183 g/mol. The van der Waals surface area contributed by atoms with Crippen LogP contribution in [0.5, 0.6) is 0 Å². The third kappa shape index (κ3) is 1.64. The Morgan fingerprint density at radius 2 is 1.18 bits per heavy atom. The van der Waals surface area contributed by atoms with Gasteiger partial charge in [-0.15, -0.1) is 24.8 Å². The SMILES string of the molecule is Cl.Cl.NC1C2CCC(C2)C1N. The highest BCUT2D eigenvalue weighted by Gasteiger charge is 2.43. The Hall–Kier alpha value is 0.500. The molecule has 0 saturated heterocycles. The highest BCUT2D eigenvalue weighted by atomic mass is 35.5. The van der Waals surface area contributed by atoms with Gasteiger partial charge in [0.25, 0.3) is 0 Å². The van der Waals surface area contributed by atoms with Gasteiger partial charge in [0.15, 0.2) is 0 Å². The van der Waals surface area contributed by atoms with E-state index in [-0.39, 0.29) is 24.8 Å². The number of nitrogens with two attached hydrogens (primary N) is 2. The Morgan fingerprint density at radius 1 is 0.818 bits per heavy atom. The molecule has 2 saturated carbocycles. The number of hydrogen-bond acceptors (Lipinski definition) is 2. The van der Waals surface area contributed by atoms with Crippen LogP contribution in [0.25, 0.3) is 0 Å². The molecule has 2 fully saturated rings. The van der Waals surface area contributed by atoms with E-state index in [0.29, 0.717) is 12.1 Å². The molecule has 2 rings (SSSR count). The second-order valence-electron chi connectivity index (χ2n) is 3.49. The maximum Gasteiger partial charge on any atom is 0.0223 e. The molecule has 0 aliphatic heterocycles. The lowest BCUT2D eigenvalue weighted by Crippen LogP contribution is -2.45. The minimum absolute atomic E-state index is 0. The summed E-state index contributed by atoms with van der Waals surface area (Å²) in [6.45, 7) is 0. The molecule has 68 valence electrons. The number of fused-ring (bicyclic) bond motifs is 2. The maximum absolute atomic E-state index is 5.84. The average Bonchev–Trinajstić information content (AvgIpc) is 2.37. The van der Waals surface area contributed by atoms with Gasteiger partial charge in [-0.3, -0.25) is 0 Å². The Bertz CT molecular complexity index is 114. The van der Waals surface area contributed by atoms with E-state index in [1.54, 1.807) is 0 Å². The molecule has 4 heteroatoms. The van der Waals surface area contributed by atoms with Gasteiger partial charge in [-0.1, -0.05) is 0 Å². The molecule has 0 aromatic carbocycles. The second kappa shape index (κ2) is 3.94. The molecule has 0 amide bonds. The van der Waals surface area contributed by atoms with Gasteiger partial charge in [0.1, 0.15) is 0 Å². The van der Waals surface area contributed by atoms with Crippen molar-refractivity contribution in [1.29, 1.82) is 0 Å². The molecule has 4 atom stereocenters. The van der Waals surface area contributed by atoms with Crippen molar-refractivity contribution in [3.63, 3.8) is 0 Å². The normalized spacial score (nSPS) is 46.4. The van der Waals surface area contributed by atoms with E-state index in [1.165, 1.54) is 19.3 Å². The summed E-state index contributed by atoms with van der Waals surface area (Å²) in [5, 5.41) is 0. The number of rotatable bonds is 0. The molecule has 2 nitrogen and oxygen atoms in total. The van der Waals surface area contributed by atoms with Crippen LogP contribution in [-0.2, 0) is 0 Å². The summed E-state index contributed by atoms with van der Waals surface area (Å²) in [6, 6.07) is 0.646. The lowest BCUT2D eigenvalue weighted by Gasteiger charge is -2.23. The molecule has 0 radical (unpaired) electrons. The van der Waals surface area contributed by atoms with Gasteiger partial charge in [0.2, 0.25) is 0 Å². The fraction of sp³-hybridized carbons (Fsp3) is 1.00. The summed E-state index contributed by atoms with van der Waals surface area (Å²) in [7, 11) is 0. The lowest BCUT2D eigenvalue weighted by atomic mass is 9.92. The van der Waals surface area contributed by atoms with E-state index in [4.69, 9.17) is 11.5 Å². The van der Waals surface area contributed by atoms with E-state index in [9.17, 15) is 0 Å². The second-order valence-corrected chi connectivity index (χ2v) is 3.49. The smallest absolute Gasteiger partial charge is 0.0223 e. The fourth-order valence-corrected chi connectivity index (χ4v) is 2.38. The lowest BCUT2D eigenvalue weighted by molar-refractivity contribution is 0.365. The van der Waals surface area contributed by atoms with Crippen LogP contribution in [0, 0.1) is 11.8 Å².